The van der Waals surface area contributed by atoms with Crippen molar-refractivity contribution in [3.63, 3.8) is 0 Å². The number of nitrogens with zero attached hydrogens (tertiary/aromatic N) is 1. The molecule has 0 aromatic heterocycles. The lowest BCUT2D eigenvalue weighted by atomic mass is 9.73. The smallest absolute Gasteiger partial charge is 0.326 e. The monoisotopic (exact) mass is 348 g/mol. The molecule has 1 spiro atoms. The number of halogens is 1. The van der Waals surface area contributed by atoms with Gasteiger partial charge in [-0.15, -0.1) is 0 Å². The van der Waals surface area contributed by atoms with Crippen molar-refractivity contribution in [2.24, 2.45) is 5.92 Å². The lowest BCUT2D eigenvalue weighted by molar-refractivity contribution is -0.149. The predicted octanol–water partition coefficient (Wildman–Crippen LogP) is 2.37. The average molecular weight is 348 g/mol. The maximum absolute atomic E-state index is 13.5. The van der Waals surface area contributed by atoms with Gasteiger partial charge in [-0.05, 0) is 24.8 Å². The summed E-state index contributed by atoms with van der Waals surface area (Å²) in [5.41, 5.74) is -0.661. The van der Waals surface area contributed by atoms with Gasteiger partial charge >= 0.3 is 12.0 Å². The van der Waals surface area contributed by atoms with Gasteiger partial charge in [0.05, 0.1) is 0 Å². The zero-order chi connectivity index (χ0) is 18.0. The highest BCUT2D eigenvalue weighted by atomic mass is 19.1. The lowest BCUT2D eigenvalue weighted by Crippen LogP contribution is -2.54. The third-order valence-electron chi connectivity index (χ3n) is 5.14. The minimum Gasteiger partial charge on any atom is -0.459 e. The Balaban J connectivity index is 1.62. The summed E-state index contributed by atoms with van der Waals surface area (Å²) in [6.07, 6.45) is 3.33. The van der Waals surface area contributed by atoms with Gasteiger partial charge in [-0.2, -0.15) is 0 Å². The third kappa shape index (κ3) is 3.23. The highest BCUT2D eigenvalue weighted by Crippen LogP contribution is 2.38. The van der Waals surface area contributed by atoms with Crippen molar-refractivity contribution >= 4 is 17.9 Å². The molecule has 3 rings (SSSR count). The van der Waals surface area contributed by atoms with Crippen LogP contribution in [0.4, 0.5) is 9.18 Å². The summed E-state index contributed by atoms with van der Waals surface area (Å²) in [5, 5.41) is 2.78. The van der Waals surface area contributed by atoms with E-state index < -0.39 is 29.9 Å². The number of hydrogen-bond donors (Lipinski definition) is 1. The Morgan fingerprint density at radius 3 is 2.84 bits per heavy atom. The standard InChI is InChI=1S/C18H21FN2O4/c1-12-6-4-5-9-18(12)16(23)21(17(24)20-18)10-15(22)25-11-13-7-2-3-8-14(13)19/h2-3,7-8,12H,4-6,9-11H2,1H3,(H,20,24)/t12-,18+/m0/s1. The van der Waals surface area contributed by atoms with E-state index in [0.29, 0.717) is 6.42 Å². The van der Waals surface area contributed by atoms with Gasteiger partial charge in [-0.25, -0.2) is 9.18 Å². The minimum atomic E-state index is -0.902. The van der Waals surface area contributed by atoms with E-state index >= 15 is 0 Å². The molecule has 1 saturated heterocycles. The number of rotatable bonds is 4. The molecule has 1 N–H and O–H groups in total. The fraction of sp³-hybridized carbons (Fsp3) is 0.500. The average Bonchev–Trinajstić information content (AvgIpc) is 2.82. The molecule has 7 heteroatoms. The van der Waals surface area contributed by atoms with Gasteiger partial charge in [0.1, 0.15) is 24.5 Å². The molecule has 0 unspecified atom stereocenters. The number of nitrogens with one attached hydrogen (secondary N) is 1. The summed E-state index contributed by atoms with van der Waals surface area (Å²) in [4.78, 5) is 37.9. The van der Waals surface area contributed by atoms with E-state index in [0.717, 1.165) is 24.2 Å². The molecule has 6 nitrogen and oxygen atoms in total. The molecule has 1 aromatic carbocycles. The Hall–Kier alpha value is -2.44. The molecule has 3 amide bonds. The third-order valence-corrected chi connectivity index (χ3v) is 5.14. The van der Waals surface area contributed by atoms with Crippen LogP contribution in [0.25, 0.3) is 0 Å². The Morgan fingerprint density at radius 2 is 2.12 bits per heavy atom. The van der Waals surface area contributed by atoms with Crippen LogP contribution in [0.5, 0.6) is 0 Å². The van der Waals surface area contributed by atoms with Crippen molar-refractivity contribution in [2.75, 3.05) is 6.54 Å². The van der Waals surface area contributed by atoms with E-state index in [1.807, 2.05) is 6.92 Å². The van der Waals surface area contributed by atoms with Crippen LogP contribution >= 0.6 is 0 Å². The first kappa shape index (κ1) is 17.4. The van der Waals surface area contributed by atoms with Gasteiger partial charge in [0, 0.05) is 5.56 Å². The molecule has 0 bridgehead atoms. The van der Waals surface area contributed by atoms with Crippen molar-refractivity contribution in [1.29, 1.82) is 0 Å². The van der Waals surface area contributed by atoms with Crippen LogP contribution in [-0.4, -0.2) is 34.9 Å². The molecule has 2 aliphatic rings. The van der Waals surface area contributed by atoms with Crippen molar-refractivity contribution < 1.29 is 23.5 Å². The first-order chi connectivity index (χ1) is 11.9. The van der Waals surface area contributed by atoms with Crippen LogP contribution in [0.2, 0.25) is 0 Å². The summed E-state index contributed by atoms with van der Waals surface area (Å²) in [5.74, 6) is -1.56. The van der Waals surface area contributed by atoms with Crippen LogP contribution in [0.15, 0.2) is 24.3 Å². The summed E-state index contributed by atoms with van der Waals surface area (Å²) in [6.45, 7) is 1.24. The molecule has 0 radical (unpaired) electrons. The van der Waals surface area contributed by atoms with E-state index in [1.165, 1.54) is 12.1 Å². The molecule has 2 fully saturated rings. The van der Waals surface area contributed by atoms with E-state index in [-0.39, 0.29) is 24.0 Å². The Bertz CT molecular complexity index is 708. The van der Waals surface area contributed by atoms with Gasteiger partial charge in [0.2, 0.25) is 0 Å². The number of hydrogen-bond acceptors (Lipinski definition) is 4. The Labute approximate surface area is 145 Å². The fourth-order valence-electron chi connectivity index (χ4n) is 3.59. The molecule has 134 valence electrons. The molecule has 1 heterocycles. The SMILES string of the molecule is C[C@H]1CCCC[C@@]12NC(=O)N(CC(=O)OCc1ccccc1F)C2=O. The largest absolute Gasteiger partial charge is 0.459 e. The minimum absolute atomic E-state index is 0.0251. The normalized spacial score (nSPS) is 26.0. The van der Waals surface area contributed by atoms with Crippen LogP contribution in [0.3, 0.4) is 0 Å². The van der Waals surface area contributed by atoms with Gasteiger partial charge < -0.3 is 10.1 Å². The lowest BCUT2D eigenvalue weighted by Gasteiger charge is -2.36. The number of carbonyl (C=O) groups is 3. The molecular weight excluding hydrogens is 327 g/mol. The predicted molar refractivity (Wildman–Crippen MR) is 86.8 cm³/mol. The molecule has 1 saturated carbocycles. The van der Waals surface area contributed by atoms with Gasteiger partial charge in [0.15, 0.2) is 0 Å². The zero-order valence-electron chi connectivity index (χ0n) is 14.1. The summed E-state index contributed by atoms with van der Waals surface area (Å²) in [7, 11) is 0. The van der Waals surface area contributed by atoms with Crippen LogP contribution in [-0.2, 0) is 20.9 Å². The van der Waals surface area contributed by atoms with Crippen LogP contribution in [0, 0.1) is 11.7 Å². The van der Waals surface area contributed by atoms with Crippen LogP contribution in [0.1, 0.15) is 38.2 Å². The highest BCUT2D eigenvalue weighted by molar-refractivity contribution is 6.08. The second-order valence-corrected chi connectivity index (χ2v) is 6.69. The van der Waals surface area contributed by atoms with Gasteiger partial charge in [-0.1, -0.05) is 38.0 Å². The number of carbonyl (C=O) groups excluding carboxylic acids is 3. The van der Waals surface area contributed by atoms with Crippen molar-refractivity contribution in [3.8, 4) is 0 Å². The number of benzene rings is 1. The topological polar surface area (TPSA) is 75.7 Å². The molecular formula is C18H21FN2O4. The number of ether oxygens (including phenoxy) is 1. The fourth-order valence-corrected chi connectivity index (χ4v) is 3.59. The number of imide groups is 1. The van der Waals surface area contributed by atoms with Crippen molar-refractivity contribution in [3.05, 3.63) is 35.6 Å². The molecule has 1 aromatic rings. The maximum Gasteiger partial charge on any atom is 0.326 e. The number of esters is 1. The highest BCUT2D eigenvalue weighted by Gasteiger charge is 2.55. The van der Waals surface area contributed by atoms with E-state index in [1.54, 1.807) is 12.1 Å². The quantitative estimate of drug-likeness (QED) is 0.669. The number of amides is 3. The Kier molecular flexibility index (Phi) is 4.74. The Morgan fingerprint density at radius 1 is 1.36 bits per heavy atom. The second kappa shape index (κ2) is 6.82. The van der Waals surface area contributed by atoms with Crippen molar-refractivity contribution in [2.45, 2.75) is 44.8 Å². The molecule has 25 heavy (non-hydrogen) atoms. The summed E-state index contributed by atoms with van der Waals surface area (Å²) in [6, 6.07) is 5.39. The molecule has 2 atom stereocenters. The van der Waals surface area contributed by atoms with Gasteiger partial charge in [-0.3, -0.25) is 14.5 Å². The summed E-state index contributed by atoms with van der Waals surface area (Å²) < 4.78 is 18.5. The zero-order valence-corrected chi connectivity index (χ0v) is 14.1. The first-order valence-corrected chi connectivity index (χ1v) is 8.47. The van der Waals surface area contributed by atoms with Crippen molar-refractivity contribution in [1.82, 2.24) is 10.2 Å². The first-order valence-electron chi connectivity index (χ1n) is 8.47. The number of urea groups is 1. The summed E-state index contributed by atoms with van der Waals surface area (Å²) >= 11 is 0. The second-order valence-electron chi connectivity index (χ2n) is 6.69. The molecule has 1 aliphatic heterocycles. The molecule has 1 aliphatic carbocycles. The van der Waals surface area contributed by atoms with E-state index in [4.69, 9.17) is 4.74 Å². The maximum atomic E-state index is 13.5. The van der Waals surface area contributed by atoms with E-state index in [2.05, 4.69) is 5.32 Å². The van der Waals surface area contributed by atoms with E-state index in [9.17, 15) is 18.8 Å². The van der Waals surface area contributed by atoms with Gasteiger partial charge in [0.25, 0.3) is 5.91 Å². The van der Waals surface area contributed by atoms with Crippen LogP contribution < -0.4 is 5.32 Å².